The topological polar surface area (TPSA) is 30.7 Å². The summed E-state index contributed by atoms with van der Waals surface area (Å²) in [4.78, 5) is 0. The van der Waals surface area contributed by atoms with Crippen LogP contribution in [0, 0.1) is 0 Å². The molecular formula is C16H20ClN3. The van der Waals surface area contributed by atoms with Crippen LogP contribution in [0.3, 0.4) is 0 Å². The molecule has 1 aliphatic carbocycles. The predicted molar refractivity (Wildman–Crippen MR) is 81.1 cm³/mol. The van der Waals surface area contributed by atoms with Gasteiger partial charge in [-0.3, -0.25) is 0 Å². The summed E-state index contributed by atoms with van der Waals surface area (Å²) in [5, 5.41) is 8.69. The van der Waals surface area contributed by atoms with Crippen LogP contribution in [0.1, 0.15) is 56.2 Å². The van der Waals surface area contributed by atoms with Crippen LogP contribution in [0.4, 0.5) is 0 Å². The molecule has 1 aliphatic rings. The molecule has 2 unspecified atom stereocenters. The highest BCUT2D eigenvalue weighted by Crippen LogP contribution is 2.54. The maximum absolute atomic E-state index is 6.01. The maximum atomic E-state index is 6.01. The molecule has 2 atom stereocenters. The second-order valence-corrected chi connectivity index (χ2v) is 6.74. The van der Waals surface area contributed by atoms with Crippen LogP contribution in [-0.4, -0.2) is 14.8 Å². The van der Waals surface area contributed by atoms with E-state index in [1.807, 2.05) is 0 Å². The molecule has 0 aliphatic heterocycles. The average Bonchev–Trinajstić information content (AvgIpc) is 3.09. The van der Waals surface area contributed by atoms with Crippen molar-refractivity contribution < 1.29 is 0 Å². The van der Waals surface area contributed by atoms with E-state index in [1.54, 1.807) is 0 Å². The van der Waals surface area contributed by atoms with Gasteiger partial charge in [0, 0.05) is 11.5 Å². The average molecular weight is 290 g/mol. The first-order valence-electron chi connectivity index (χ1n) is 7.08. The Hall–Kier alpha value is -1.35. The molecule has 3 rings (SSSR count). The molecule has 0 radical (unpaired) electrons. The minimum absolute atomic E-state index is 0.0348. The summed E-state index contributed by atoms with van der Waals surface area (Å²) < 4.78 is 2.22. The van der Waals surface area contributed by atoms with E-state index in [4.69, 9.17) is 11.6 Å². The van der Waals surface area contributed by atoms with Gasteiger partial charge in [-0.2, -0.15) is 0 Å². The first kappa shape index (κ1) is 13.6. The first-order chi connectivity index (χ1) is 9.52. The zero-order chi connectivity index (χ0) is 14.3. The number of nitrogens with zero attached hydrogens (tertiary/aromatic N) is 3. The zero-order valence-electron chi connectivity index (χ0n) is 12.2. The Bertz CT molecular complexity index is 598. The van der Waals surface area contributed by atoms with Gasteiger partial charge < -0.3 is 4.57 Å². The normalized spacial score (nSPS) is 22.0. The molecule has 2 aromatic rings. The molecule has 4 heteroatoms. The fraction of sp³-hybridized carbons (Fsp3) is 0.500. The van der Waals surface area contributed by atoms with Crippen LogP contribution in [-0.2, 0) is 11.4 Å². The standard InChI is InChI=1S/C16H20ClN3/c1-16(2,3)20-14(10-17)18-19-15(20)13-9-12(13)11-7-5-4-6-8-11/h4-8,12-13H,9-10H2,1-3H3. The lowest BCUT2D eigenvalue weighted by atomic mass is 10.1. The van der Waals surface area contributed by atoms with Crippen LogP contribution < -0.4 is 0 Å². The zero-order valence-corrected chi connectivity index (χ0v) is 12.9. The number of alkyl halides is 1. The Morgan fingerprint density at radius 2 is 1.85 bits per heavy atom. The third-order valence-electron chi connectivity index (χ3n) is 3.90. The monoisotopic (exact) mass is 289 g/mol. The molecule has 1 heterocycles. The highest BCUT2D eigenvalue weighted by molar-refractivity contribution is 6.16. The lowest BCUT2D eigenvalue weighted by Crippen LogP contribution is -2.26. The Morgan fingerprint density at radius 1 is 1.15 bits per heavy atom. The van der Waals surface area contributed by atoms with Crippen molar-refractivity contribution in [1.82, 2.24) is 14.8 Å². The smallest absolute Gasteiger partial charge is 0.148 e. The molecule has 106 valence electrons. The summed E-state index contributed by atoms with van der Waals surface area (Å²) in [6.45, 7) is 6.53. The third-order valence-corrected chi connectivity index (χ3v) is 4.13. The molecule has 1 aromatic carbocycles. The molecule has 1 aromatic heterocycles. The third kappa shape index (κ3) is 2.35. The number of rotatable bonds is 3. The van der Waals surface area contributed by atoms with Gasteiger partial charge in [0.05, 0.1) is 5.88 Å². The van der Waals surface area contributed by atoms with Crippen molar-refractivity contribution in [2.24, 2.45) is 0 Å². The molecule has 1 fully saturated rings. The van der Waals surface area contributed by atoms with Crippen LogP contribution in [0.5, 0.6) is 0 Å². The summed E-state index contributed by atoms with van der Waals surface area (Å²) in [6.07, 6.45) is 1.15. The number of benzene rings is 1. The van der Waals surface area contributed by atoms with E-state index in [-0.39, 0.29) is 5.54 Å². The molecular weight excluding hydrogens is 270 g/mol. The fourth-order valence-corrected chi connectivity index (χ4v) is 3.11. The van der Waals surface area contributed by atoms with Crippen molar-refractivity contribution in [3.05, 3.63) is 47.5 Å². The highest BCUT2D eigenvalue weighted by atomic mass is 35.5. The van der Waals surface area contributed by atoms with Gasteiger partial charge in [0.15, 0.2) is 0 Å². The van der Waals surface area contributed by atoms with Crippen molar-refractivity contribution in [1.29, 1.82) is 0 Å². The van der Waals surface area contributed by atoms with Crippen LogP contribution in [0.15, 0.2) is 30.3 Å². The van der Waals surface area contributed by atoms with E-state index in [2.05, 4.69) is 65.9 Å². The lowest BCUT2D eigenvalue weighted by molar-refractivity contribution is 0.372. The summed E-state index contributed by atoms with van der Waals surface area (Å²) in [5.74, 6) is 3.41. The highest BCUT2D eigenvalue weighted by Gasteiger charge is 2.44. The molecule has 0 spiro atoms. The van der Waals surface area contributed by atoms with Gasteiger partial charge in [-0.15, -0.1) is 21.8 Å². The summed E-state index contributed by atoms with van der Waals surface area (Å²) in [6, 6.07) is 10.7. The first-order valence-corrected chi connectivity index (χ1v) is 7.61. The lowest BCUT2D eigenvalue weighted by Gasteiger charge is -2.24. The molecule has 3 nitrogen and oxygen atoms in total. The SMILES string of the molecule is CC(C)(C)n1c(CCl)nnc1C1CC1c1ccccc1. The molecule has 0 amide bonds. The fourth-order valence-electron chi connectivity index (χ4n) is 2.94. The second-order valence-electron chi connectivity index (χ2n) is 6.47. The molecule has 20 heavy (non-hydrogen) atoms. The van der Waals surface area contributed by atoms with Gasteiger partial charge in [-0.25, -0.2) is 0 Å². The van der Waals surface area contributed by atoms with Crippen LogP contribution in [0.2, 0.25) is 0 Å². The summed E-state index contributed by atoms with van der Waals surface area (Å²) in [5.41, 5.74) is 1.36. The Balaban J connectivity index is 1.92. The van der Waals surface area contributed by atoms with Gasteiger partial charge in [0.25, 0.3) is 0 Å². The molecule has 0 bridgehead atoms. The number of hydrogen-bond donors (Lipinski definition) is 0. The molecule has 1 saturated carbocycles. The van der Waals surface area contributed by atoms with Crippen molar-refractivity contribution in [3.63, 3.8) is 0 Å². The van der Waals surface area contributed by atoms with Gasteiger partial charge >= 0.3 is 0 Å². The predicted octanol–water partition coefficient (Wildman–Crippen LogP) is 4.04. The van der Waals surface area contributed by atoms with Crippen molar-refractivity contribution in [2.45, 2.75) is 50.4 Å². The van der Waals surface area contributed by atoms with Gasteiger partial charge in [-0.1, -0.05) is 30.3 Å². The van der Waals surface area contributed by atoms with Crippen molar-refractivity contribution >= 4 is 11.6 Å². The van der Waals surface area contributed by atoms with Crippen molar-refractivity contribution in [2.75, 3.05) is 0 Å². The number of hydrogen-bond acceptors (Lipinski definition) is 2. The Kier molecular flexibility index (Phi) is 3.33. The summed E-state index contributed by atoms with van der Waals surface area (Å²) >= 11 is 6.01. The second kappa shape index (κ2) is 4.88. The Labute approximate surface area is 125 Å². The van der Waals surface area contributed by atoms with Gasteiger partial charge in [0.1, 0.15) is 11.6 Å². The van der Waals surface area contributed by atoms with E-state index >= 15 is 0 Å². The van der Waals surface area contributed by atoms with Gasteiger partial charge in [0.2, 0.25) is 0 Å². The van der Waals surface area contributed by atoms with E-state index in [0.717, 1.165) is 18.1 Å². The van der Waals surface area contributed by atoms with Crippen molar-refractivity contribution in [3.8, 4) is 0 Å². The molecule has 0 N–H and O–H groups in total. The maximum Gasteiger partial charge on any atom is 0.148 e. The van der Waals surface area contributed by atoms with Gasteiger partial charge in [-0.05, 0) is 38.7 Å². The van der Waals surface area contributed by atoms with E-state index in [1.165, 1.54) is 5.56 Å². The van der Waals surface area contributed by atoms with E-state index < -0.39 is 0 Å². The minimum Gasteiger partial charge on any atom is -0.308 e. The number of aromatic nitrogens is 3. The largest absolute Gasteiger partial charge is 0.308 e. The van der Waals surface area contributed by atoms with E-state index in [9.17, 15) is 0 Å². The van der Waals surface area contributed by atoms with Crippen LogP contribution in [0.25, 0.3) is 0 Å². The summed E-state index contributed by atoms with van der Waals surface area (Å²) in [7, 11) is 0. The quantitative estimate of drug-likeness (QED) is 0.798. The van der Waals surface area contributed by atoms with E-state index in [0.29, 0.717) is 17.7 Å². The minimum atomic E-state index is -0.0348. The Morgan fingerprint density at radius 3 is 2.45 bits per heavy atom. The van der Waals surface area contributed by atoms with Crippen LogP contribution >= 0.6 is 11.6 Å². The molecule has 0 saturated heterocycles. The number of halogens is 1.